The highest BCUT2D eigenvalue weighted by Gasteiger charge is 2.30. The van der Waals surface area contributed by atoms with Gasteiger partial charge in [0.25, 0.3) is 0 Å². The van der Waals surface area contributed by atoms with Gasteiger partial charge in [0.05, 0.1) is 11.8 Å². The maximum Gasteiger partial charge on any atom is 0.240 e. The quantitative estimate of drug-likeness (QED) is 0.367. The van der Waals surface area contributed by atoms with E-state index in [-0.39, 0.29) is 18.0 Å². The van der Waals surface area contributed by atoms with Gasteiger partial charge in [0.15, 0.2) is 22.5 Å². The van der Waals surface area contributed by atoms with Crippen LogP contribution in [0.2, 0.25) is 0 Å². The number of ether oxygens (including phenoxy) is 2. The van der Waals surface area contributed by atoms with Crippen LogP contribution in [0.3, 0.4) is 0 Å². The molecule has 176 valence electrons. The summed E-state index contributed by atoms with van der Waals surface area (Å²) in [6.07, 6.45) is 0.887. The van der Waals surface area contributed by atoms with Crippen molar-refractivity contribution in [3.8, 4) is 22.9 Å². The van der Waals surface area contributed by atoms with Crippen molar-refractivity contribution < 1.29 is 14.3 Å². The smallest absolute Gasteiger partial charge is 0.240 e. The molecule has 0 radical (unpaired) electrons. The summed E-state index contributed by atoms with van der Waals surface area (Å²) in [5.41, 5.74) is 4.24. The van der Waals surface area contributed by atoms with Gasteiger partial charge in [-0.2, -0.15) is 0 Å². The Morgan fingerprint density at radius 1 is 1.00 bits per heavy atom. The van der Waals surface area contributed by atoms with E-state index < -0.39 is 0 Å². The molecule has 0 fully saturated rings. The molecule has 4 aromatic rings. The van der Waals surface area contributed by atoms with Crippen LogP contribution in [0.5, 0.6) is 11.5 Å². The van der Waals surface area contributed by atoms with Gasteiger partial charge < -0.3 is 14.4 Å². The molecule has 35 heavy (non-hydrogen) atoms. The van der Waals surface area contributed by atoms with E-state index in [0.717, 1.165) is 40.6 Å². The number of anilines is 1. The highest BCUT2D eigenvalue weighted by atomic mass is 32.2. The first-order chi connectivity index (χ1) is 17.2. The SMILES string of the molecule is CC(Sc1nnc(-c2ccccc2)n1Cc1ccc2c(c1)OCO2)C(=O)N1CCc2ccccc21. The molecule has 0 bridgehead atoms. The molecule has 6 rings (SSSR count). The Kier molecular flexibility index (Phi) is 5.66. The van der Waals surface area contributed by atoms with E-state index >= 15 is 0 Å². The average molecular weight is 485 g/mol. The van der Waals surface area contributed by atoms with Crippen molar-refractivity contribution in [3.63, 3.8) is 0 Å². The summed E-state index contributed by atoms with van der Waals surface area (Å²) in [5.74, 6) is 2.33. The summed E-state index contributed by atoms with van der Waals surface area (Å²) in [5, 5.41) is 9.40. The molecule has 8 heteroatoms. The maximum absolute atomic E-state index is 13.4. The lowest BCUT2D eigenvalue weighted by molar-refractivity contribution is -0.117. The monoisotopic (exact) mass is 484 g/mol. The zero-order valence-electron chi connectivity index (χ0n) is 19.3. The predicted molar refractivity (Wildman–Crippen MR) is 135 cm³/mol. The van der Waals surface area contributed by atoms with Crippen molar-refractivity contribution in [2.24, 2.45) is 0 Å². The fraction of sp³-hybridized carbons (Fsp3) is 0.222. The Bertz CT molecular complexity index is 1390. The Balaban J connectivity index is 1.30. The average Bonchev–Trinajstić information content (AvgIpc) is 3.63. The third-order valence-electron chi connectivity index (χ3n) is 6.31. The van der Waals surface area contributed by atoms with Crippen LogP contribution in [0.4, 0.5) is 5.69 Å². The van der Waals surface area contributed by atoms with Crippen LogP contribution < -0.4 is 14.4 Å². The molecule has 0 N–H and O–H groups in total. The summed E-state index contributed by atoms with van der Waals surface area (Å²) in [6.45, 7) is 3.43. The zero-order chi connectivity index (χ0) is 23.8. The molecule has 0 spiro atoms. The summed E-state index contributed by atoms with van der Waals surface area (Å²) < 4.78 is 13.1. The Hall–Kier alpha value is -3.78. The maximum atomic E-state index is 13.4. The molecule has 2 aliphatic rings. The first-order valence-corrected chi connectivity index (χ1v) is 12.5. The van der Waals surface area contributed by atoms with Crippen molar-refractivity contribution in [2.75, 3.05) is 18.2 Å². The minimum atomic E-state index is -0.315. The molecule has 7 nitrogen and oxygen atoms in total. The highest BCUT2D eigenvalue weighted by Crippen LogP contribution is 2.35. The predicted octanol–water partition coefficient (Wildman–Crippen LogP) is 4.79. The van der Waals surface area contributed by atoms with E-state index in [0.29, 0.717) is 18.2 Å². The van der Waals surface area contributed by atoms with Gasteiger partial charge in [0.2, 0.25) is 12.7 Å². The molecule has 0 aliphatic carbocycles. The Morgan fingerprint density at radius 3 is 2.69 bits per heavy atom. The fourth-order valence-corrected chi connectivity index (χ4v) is 5.45. The number of thioether (sulfide) groups is 1. The first kappa shape index (κ1) is 21.7. The van der Waals surface area contributed by atoms with E-state index in [2.05, 4.69) is 20.8 Å². The van der Waals surface area contributed by atoms with E-state index in [4.69, 9.17) is 9.47 Å². The number of carbonyl (C=O) groups is 1. The lowest BCUT2D eigenvalue weighted by Crippen LogP contribution is -2.35. The number of aromatic nitrogens is 3. The topological polar surface area (TPSA) is 69.5 Å². The van der Waals surface area contributed by atoms with E-state index in [1.807, 2.05) is 78.6 Å². The molecular weight excluding hydrogens is 460 g/mol. The van der Waals surface area contributed by atoms with Gasteiger partial charge in [-0.3, -0.25) is 9.36 Å². The van der Waals surface area contributed by atoms with Crippen LogP contribution in [0, 0.1) is 0 Å². The molecule has 0 saturated heterocycles. The Morgan fingerprint density at radius 2 is 1.80 bits per heavy atom. The number of rotatable bonds is 6. The van der Waals surface area contributed by atoms with Gasteiger partial charge in [-0.05, 0) is 42.7 Å². The van der Waals surface area contributed by atoms with Crippen molar-refractivity contribution in [3.05, 3.63) is 83.9 Å². The van der Waals surface area contributed by atoms with E-state index in [9.17, 15) is 4.79 Å². The van der Waals surface area contributed by atoms with Crippen LogP contribution in [-0.4, -0.2) is 39.3 Å². The van der Waals surface area contributed by atoms with Crippen molar-refractivity contribution in [1.29, 1.82) is 0 Å². The molecule has 1 atom stereocenters. The summed E-state index contributed by atoms with van der Waals surface area (Å²) in [7, 11) is 0. The third kappa shape index (κ3) is 4.14. The normalized spacial score (nSPS) is 14.7. The van der Waals surface area contributed by atoms with Crippen molar-refractivity contribution in [2.45, 2.75) is 30.3 Å². The Labute approximate surface area is 207 Å². The summed E-state index contributed by atoms with van der Waals surface area (Å²) in [6, 6.07) is 24.0. The standard InChI is InChI=1S/C27H24N4O3S/c1-18(26(32)30-14-13-20-7-5-6-10-22(20)30)35-27-29-28-25(21-8-3-2-4-9-21)31(27)16-19-11-12-23-24(15-19)34-17-33-23/h2-12,15,18H,13-14,16-17H2,1H3. The zero-order valence-corrected chi connectivity index (χ0v) is 20.1. The van der Waals surface area contributed by atoms with Crippen LogP contribution in [0.25, 0.3) is 11.4 Å². The number of fused-ring (bicyclic) bond motifs is 2. The molecule has 3 heterocycles. The van der Waals surface area contributed by atoms with Crippen molar-refractivity contribution in [1.82, 2.24) is 14.8 Å². The van der Waals surface area contributed by atoms with Gasteiger partial charge in [-0.1, -0.05) is 66.4 Å². The highest BCUT2D eigenvalue weighted by molar-refractivity contribution is 8.00. The number of para-hydroxylation sites is 1. The largest absolute Gasteiger partial charge is 0.454 e. The second kappa shape index (κ2) is 9.11. The first-order valence-electron chi connectivity index (χ1n) is 11.6. The van der Waals surface area contributed by atoms with Crippen LogP contribution in [0.1, 0.15) is 18.1 Å². The number of nitrogens with zero attached hydrogens (tertiary/aromatic N) is 4. The van der Waals surface area contributed by atoms with E-state index in [1.165, 1.54) is 17.3 Å². The third-order valence-corrected chi connectivity index (χ3v) is 7.38. The molecule has 1 aromatic heterocycles. The van der Waals surface area contributed by atoms with Gasteiger partial charge in [0.1, 0.15) is 0 Å². The number of hydrogen-bond donors (Lipinski definition) is 0. The summed E-state index contributed by atoms with van der Waals surface area (Å²) in [4.78, 5) is 15.3. The second-order valence-electron chi connectivity index (χ2n) is 8.57. The number of carbonyl (C=O) groups excluding carboxylic acids is 1. The number of benzene rings is 3. The van der Waals surface area contributed by atoms with Gasteiger partial charge >= 0.3 is 0 Å². The minimum absolute atomic E-state index is 0.0823. The lowest BCUT2D eigenvalue weighted by Gasteiger charge is -2.21. The summed E-state index contributed by atoms with van der Waals surface area (Å²) >= 11 is 1.44. The second-order valence-corrected chi connectivity index (χ2v) is 9.88. The number of hydrogen-bond acceptors (Lipinski definition) is 6. The van der Waals surface area contributed by atoms with Gasteiger partial charge in [-0.25, -0.2) is 0 Å². The molecule has 1 unspecified atom stereocenters. The van der Waals surface area contributed by atoms with Crippen molar-refractivity contribution >= 4 is 23.4 Å². The molecule has 0 saturated carbocycles. The van der Waals surface area contributed by atoms with E-state index in [1.54, 1.807) is 0 Å². The van der Waals surface area contributed by atoms with Gasteiger partial charge in [-0.15, -0.1) is 10.2 Å². The van der Waals surface area contributed by atoms with Gasteiger partial charge in [0, 0.05) is 17.8 Å². The molecule has 1 amide bonds. The number of amides is 1. The molecule has 2 aliphatic heterocycles. The molecule has 3 aromatic carbocycles. The van der Waals surface area contributed by atoms with Crippen LogP contribution in [0.15, 0.2) is 78.0 Å². The minimum Gasteiger partial charge on any atom is -0.454 e. The van der Waals surface area contributed by atoms with Crippen LogP contribution in [-0.2, 0) is 17.8 Å². The van der Waals surface area contributed by atoms with Crippen LogP contribution >= 0.6 is 11.8 Å². The fourth-order valence-electron chi connectivity index (χ4n) is 4.54. The lowest BCUT2D eigenvalue weighted by atomic mass is 10.2. The molecular formula is C27H24N4O3S.